The van der Waals surface area contributed by atoms with Crippen molar-refractivity contribution in [1.29, 1.82) is 0 Å². The third-order valence-corrected chi connectivity index (χ3v) is 2.67. The van der Waals surface area contributed by atoms with Gasteiger partial charge in [0.05, 0.1) is 6.54 Å². The van der Waals surface area contributed by atoms with Gasteiger partial charge in [-0.25, -0.2) is 0 Å². The Kier molecular flexibility index (Phi) is 9.56. The van der Waals surface area contributed by atoms with Crippen molar-refractivity contribution in [1.82, 2.24) is 5.32 Å². The summed E-state index contributed by atoms with van der Waals surface area (Å²) in [4.78, 5) is 33.4. The largest absolute Gasteiger partial charge is 0.460 e. The average Bonchev–Trinajstić information content (AvgIpc) is 2.49. The van der Waals surface area contributed by atoms with Gasteiger partial charge in [0.15, 0.2) is 0 Å². The molecule has 0 spiro atoms. The van der Waals surface area contributed by atoms with Crippen LogP contribution in [0, 0.1) is 0 Å². The lowest BCUT2D eigenvalue weighted by molar-refractivity contribution is -0.146. The summed E-state index contributed by atoms with van der Waals surface area (Å²) < 4.78 is 5.05. The molecule has 22 heavy (non-hydrogen) atoms. The molecule has 0 heterocycles. The maximum absolute atomic E-state index is 11.6. The van der Waals surface area contributed by atoms with Gasteiger partial charge in [-0.15, -0.1) is 12.4 Å². The molecule has 122 valence electrons. The fourth-order valence-electron chi connectivity index (χ4n) is 1.51. The first-order valence-corrected chi connectivity index (χ1v) is 6.50. The van der Waals surface area contributed by atoms with E-state index in [9.17, 15) is 14.4 Å². The number of amides is 2. The lowest BCUT2D eigenvalue weighted by atomic mass is 10.1. The molecule has 1 aromatic carbocycles. The Morgan fingerprint density at radius 1 is 1.18 bits per heavy atom. The normalized spacial score (nSPS) is 11.0. The summed E-state index contributed by atoms with van der Waals surface area (Å²) in [6.45, 7) is -0.0895. The molecule has 1 aromatic rings. The van der Waals surface area contributed by atoms with E-state index in [1.165, 1.54) is 0 Å². The van der Waals surface area contributed by atoms with Gasteiger partial charge in [0.2, 0.25) is 11.8 Å². The van der Waals surface area contributed by atoms with Gasteiger partial charge >= 0.3 is 5.97 Å². The summed E-state index contributed by atoms with van der Waals surface area (Å²) in [6, 6.07) is 8.32. The molecule has 0 aromatic heterocycles. The van der Waals surface area contributed by atoms with Crippen LogP contribution in [-0.2, 0) is 25.7 Å². The van der Waals surface area contributed by atoms with Crippen LogP contribution in [0.25, 0.3) is 0 Å². The van der Waals surface area contributed by atoms with E-state index in [2.05, 4.69) is 5.32 Å². The minimum Gasteiger partial charge on any atom is -0.460 e. The molecule has 0 bridgehead atoms. The number of hydrogen-bond donors (Lipinski definition) is 3. The molecule has 0 aliphatic carbocycles. The molecule has 0 radical (unpaired) electrons. The second kappa shape index (κ2) is 10.6. The molecule has 0 aliphatic heterocycles. The fraction of sp³-hybridized carbons (Fsp3) is 0.357. The van der Waals surface area contributed by atoms with Crippen molar-refractivity contribution in [2.45, 2.75) is 25.5 Å². The number of halogens is 1. The Hall–Kier alpha value is -2.12. The summed E-state index contributed by atoms with van der Waals surface area (Å²) in [5.74, 6) is -1.59. The molecule has 1 atom stereocenters. The fourth-order valence-corrected chi connectivity index (χ4v) is 1.51. The van der Waals surface area contributed by atoms with Gasteiger partial charge < -0.3 is 21.5 Å². The van der Waals surface area contributed by atoms with E-state index in [1.54, 1.807) is 0 Å². The Bertz CT molecular complexity index is 496. The van der Waals surface area contributed by atoms with Crippen molar-refractivity contribution in [3.05, 3.63) is 35.9 Å². The molecular weight excluding hydrogens is 310 g/mol. The number of hydrogen-bond acceptors (Lipinski definition) is 5. The van der Waals surface area contributed by atoms with Crippen molar-refractivity contribution >= 4 is 30.2 Å². The van der Waals surface area contributed by atoms with Gasteiger partial charge in [0, 0.05) is 6.42 Å². The van der Waals surface area contributed by atoms with E-state index in [0.29, 0.717) is 0 Å². The number of carbonyl (C=O) groups excluding carboxylic acids is 3. The van der Waals surface area contributed by atoms with Crippen molar-refractivity contribution in [2.24, 2.45) is 11.5 Å². The number of ether oxygens (including phenoxy) is 1. The molecule has 0 aliphatic rings. The van der Waals surface area contributed by atoms with Gasteiger partial charge in [0.1, 0.15) is 12.6 Å². The zero-order chi connectivity index (χ0) is 15.7. The third-order valence-electron chi connectivity index (χ3n) is 2.67. The van der Waals surface area contributed by atoms with Crippen LogP contribution < -0.4 is 16.8 Å². The van der Waals surface area contributed by atoms with Crippen LogP contribution in [0.2, 0.25) is 0 Å². The zero-order valence-electron chi connectivity index (χ0n) is 12.0. The molecule has 2 amide bonds. The lowest BCUT2D eigenvalue weighted by Gasteiger charge is -2.11. The molecule has 0 saturated carbocycles. The predicted molar refractivity (Wildman–Crippen MR) is 82.9 cm³/mol. The van der Waals surface area contributed by atoms with Crippen LogP contribution in [0.3, 0.4) is 0 Å². The minimum absolute atomic E-state index is 0. The second-order valence-corrected chi connectivity index (χ2v) is 4.48. The van der Waals surface area contributed by atoms with Gasteiger partial charge in [-0.2, -0.15) is 0 Å². The maximum atomic E-state index is 11.6. The van der Waals surface area contributed by atoms with Crippen LogP contribution in [-0.4, -0.2) is 30.4 Å². The Labute approximate surface area is 134 Å². The average molecular weight is 330 g/mol. The summed E-state index contributed by atoms with van der Waals surface area (Å²) in [7, 11) is 0. The van der Waals surface area contributed by atoms with Gasteiger partial charge in [-0.1, -0.05) is 30.3 Å². The molecular formula is C14H20ClN3O4. The predicted octanol–water partition coefficient (Wildman–Crippen LogP) is -0.139. The Morgan fingerprint density at radius 3 is 2.41 bits per heavy atom. The van der Waals surface area contributed by atoms with E-state index in [4.69, 9.17) is 16.2 Å². The quantitative estimate of drug-likeness (QED) is 0.572. The van der Waals surface area contributed by atoms with Crippen molar-refractivity contribution in [3.8, 4) is 0 Å². The van der Waals surface area contributed by atoms with Crippen molar-refractivity contribution in [3.63, 3.8) is 0 Å². The Morgan fingerprint density at radius 2 is 1.82 bits per heavy atom. The highest BCUT2D eigenvalue weighted by molar-refractivity contribution is 5.85. The first-order chi connectivity index (χ1) is 9.99. The first-order valence-electron chi connectivity index (χ1n) is 6.50. The topological polar surface area (TPSA) is 125 Å². The number of benzene rings is 1. The number of carbonyl (C=O) groups is 3. The highest BCUT2D eigenvalue weighted by Crippen LogP contribution is 2.03. The number of primary amides is 1. The summed E-state index contributed by atoms with van der Waals surface area (Å²) in [5, 5.41) is 2.31. The smallest absolute Gasteiger partial charge is 0.323 e. The summed E-state index contributed by atoms with van der Waals surface area (Å²) in [5.41, 5.74) is 11.4. The standard InChI is InChI=1S/C14H19N3O4.ClH/c15-11(6-7-13(19)17-8-12(16)18)14(20)21-9-10-4-2-1-3-5-10;/h1-5,11H,6-9,15H2,(H2,16,18)(H,17,19);1H/t11-;/m0./s1. The molecule has 0 saturated heterocycles. The number of rotatable bonds is 8. The molecule has 7 nitrogen and oxygen atoms in total. The molecule has 0 fully saturated rings. The van der Waals surface area contributed by atoms with E-state index in [1.807, 2.05) is 30.3 Å². The van der Waals surface area contributed by atoms with Crippen LogP contribution in [0.1, 0.15) is 18.4 Å². The number of nitrogens with one attached hydrogen (secondary N) is 1. The highest BCUT2D eigenvalue weighted by atomic mass is 35.5. The van der Waals surface area contributed by atoms with E-state index < -0.39 is 17.9 Å². The lowest BCUT2D eigenvalue weighted by Crippen LogP contribution is -2.36. The first kappa shape index (κ1) is 19.9. The van der Waals surface area contributed by atoms with Crippen molar-refractivity contribution in [2.75, 3.05) is 6.54 Å². The Balaban J connectivity index is 0.00000441. The number of nitrogens with two attached hydrogens (primary N) is 2. The molecule has 0 unspecified atom stereocenters. The van der Waals surface area contributed by atoms with Crippen molar-refractivity contribution < 1.29 is 19.1 Å². The molecule has 1 rings (SSSR count). The van der Waals surface area contributed by atoms with E-state index in [-0.39, 0.29) is 44.3 Å². The van der Waals surface area contributed by atoms with Gasteiger partial charge in [0.25, 0.3) is 0 Å². The number of esters is 1. The SMILES string of the molecule is Cl.NC(=O)CNC(=O)CC[C@H](N)C(=O)OCc1ccccc1. The van der Waals surface area contributed by atoms with Gasteiger partial charge in [-0.05, 0) is 12.0 Å². The molecule has 8 heteroatoms. The maximum Gasteiger partial charge on any atom is 0.323 e. The van der Waals surface area contributed by atoms with Crippen LogP contribution >= 0.6 is 12.4 Å². The van der Waals surface area contributed by atoms with Crippen LogP contribution in [0.4, 0.5) is 0 Å². The summed E-state index contributed by atoms with van der Waals surface area (Å²) >= 11 is 0. The van der Waals surface area contributed by atoms with Crippen LogP contribution in [0.15, 0.2) is 30.3 Å². The van der Waals surface area contributed by atoms with E-state index in [0.717, 1.165) is 5.56 Å². The van der Waals surface area contributed by atoms with E-state index >= 15 is 0 Å². The van der Waals surface area contributed by atoms with Crippen LogP contribution in [0.5, 0.6) is 0 Å². The van der Waals surface area contributed by atoms with Gasteiger partial charge in [-0.3, -0.25) is 14.4 Å². The zero-order valence-corrected chi connectivity index (χ0v) is 12.8. The summed E-state index contributed by atoms with van der Waals surface area (Å²) in [6.07, 6.45) is 0.160. The minimum atomic E-state index is -0.881. The third kappa shape index (κ3) is 8.23. The second-order valence-electron chi connectivity index (χ2n) is 4.48. The highest BCUT2D eigenvalue weighted by Gasteiger charge is 2.16. The molecule has 5 N–H and O–H groups in total. The monoisotopic (exact) mass is 329 g/mol.